The number of aryl methyl sites for hydroxylation is 2. The molecule has 2 heterocycles. The predicted octanol–water partition coefficient (Wildman–Crippen LogP) is 6.60. The van der Waals surface area contributed by atoms with Gasteiger partial charge in [-0.1, -0.05) is 78.4 Å². The molecule has 0 atom stereocenters. The molecule has 36 heavy (non-hydrogen) atoms. The van der Waals surface area contributed by atoms with E-state index in [1.165, 1.54) is 0 Å². The Hall–Kier alpha value is -4.64. The Morgan fingerprint density at radius 1 is 0.917 bits per heavy atom. The van der Waals surface area contributed by atoms with Crippen LogP contribution in [0.2, 0.25) is 0 Å². The Bertz CT molecular complexity index is 1620. The maximum Gasteiger partial charge on any atom is 0.353 e. The van der Waals surface area contributed by atoms with Crippen LogP contribution in [0.4, 0.5) is 0 Å². The van der Waals surface area contributed by atoms with Crippen LogP contribution in [0.1, 0.15) is 37.7 Å². The fourth-order valence-corrected chi connectivity index (χ4v) is 4.67. The first-order chi connectivity index (χ1) is 17.4. The predicted molar refractivity (Wildman–Crippen MR) is 143 cm³/mol. The lowest BCUT2D eigenvalue weighted by Crippen LogP contribution is -2.09. The molecule has 0 radical (unpaired) electrons. The topological polar surface area (TPSA) is 64.2 Å². The summed E-state index contributed by atoms with van der Waals surface area (Å²) in [4.78, 5) is 25.1. The second-order valence-corrected chi connectivity index (χ2v) is 8.87. The van der Waals surface area contributed by atoms with Crippen LogP contribution in [0, 0.1) is 6.92 Å². The average Bonchev–Trinajstić information content (AvgIpc) is 3.47. The van der Waals surface area contributed by atoms with E-state index >= 15 is 0 Å². The van der Waals surface area contributed by atoms with Gasteiger partial charge >= 0.3 is 5.97 Å². The summed E-state index contributed by atoms with van der Waals surface area (Å²) < 4.78 is 3.66. The first-order valence-electron chi connectivity index (χ1n) is 11.8. The number of hydrogen-bond donors (Lipinski definition) is 1. The van der Waals surface area contributed by atoms with Gasteiger partial charge in [0.05, 0.1) is 5.69 Å². The third-order valence-electron chi connectivity index (χ3n) is 6.47. The Labute approximate surface area is 209 Å². The molecule has 178 valence electrons. The normalized spacial score (nSPS) is 11.4. The molecule has 0 aliphatic heterocycles. The summed E-state index contributed by atoms with van der Waals surface area (Å²) in [6, 6.07) is 26.9. The van der Waals surface area contributed by atoms with Crippen molar-refractivity contribution in [2.45, 2.75) is 13.5 Å². The lowest BCUT2D eigenvalue weighted by Gasteiger charge is -2.07. The lowest BCUT2D eigenvalue weighted by molar-refractivity contribution is 0.0687. The van der Waals surface area contributed by atoms with Gasteiger partial charge in [0.2, 0.25) is 5.78 Å². The fourth-order valence-electron chi connectivity index (χ4n) is 4.67. The van der Waals surface area contributed by atoms with Crippen LogP contribution < -0.4 is 0 Å². The summed E-state index contributed by atoms with van der Waals surface area (Å²) in [5.41, 5.74) is 6.09. The number of fused-ring (bicyclic) bond motifs is 1. The number of carboxylic acid groups (broad SMARTS) is 1. The highest BCUT2D eigenvalue weighted by Gasteiger charge is 2.21. The number of benzene rings is 3. The van der Waals surface area contributed by atoms with Crippen molar-refractivity contribution in [3.63, 3.8) is 0 Å². The molecule has 0 unspecified atom stereocenters. The molecule has 5 heteroatoms. The van der Waals surface area contributed by atoms with E-state index in [4.69, 9.17) is 0 Å². The standard InChI is InChI=1S/C31H26N2O3/c1-21-14-16-23(17-15-21)30(34)27-13-7-19-33(27)18-6-9-22-8-5-10-24(20-22)28-25-11-3-4-12-26(25)32(2)29(28)31(35)36/h3-17,19-20H,18H2,1-2H3,(H,35,36)/b9-6+. The molecule has 0 spiro atoms. The summed E-state index contributed by atoms with van der Waals surface area (Å²) in [5.74, 6) is -0.962. The van der Waals surface area contributed by atoms with Gasteiger partial charge in [0.15, 0.2) is 0 Å². The summed E-state index contributed by atoms with van der Waals surface area (Å²) >= 11 is 0. The molecule has 0 saturated heterocycles. The zero-order valence-electron chi connectivity index (χ0n) is 20.2. The van der Waals surface area contributed by atoms with Crippen LogP contribution >= 0.6 is 0 Å². The average molecular weight is 475 g/mol. The summed E-state index contributed by atoms with van der Waals surface area (Å²) in [7, 11) is 1.78. The Morgan fingerprint density at radius 3 is 2.47 bits per heavy atom. The van der Waals surface area contributed by atoms with E-state index in [0.717, 1.165) is 27.6 Å². The molecule has 1 N–H and O–H groups in total. The largest absolute Gasteiger partial charge is 0.477 e. The van der Waals surface area contributed by atoms with E-state index in [9.17, 15) is 14.7 Å². The van der Waals surface area contributed by atoms with Crippen LogP contribution in [-0.2, 0) is 13.6 Å². The number of aromatic nitrogens is 2. The molecular weight excluding hydrogens is 448 g/mol. The van der Waals surface area contributed by atoms with E-state index in [0.29, 0.717) is 23.4 Å². The number of aromatic carboxylic acids is 1. The number of rotatable bonds is 7. The molecule has 0 fully saturated rings. The van der Waals surface area contributed by atoms with Gasteiger partial charge < -0.3 is 14.2 Å². The van der Waals surface area contributed by atoms with Crippen molar-refractivity contribution in [2.75, 3.05) is 0 Å². The zero-order chi connectivity index (χ0) is 25.2. The number of hydrogen-bond acceptors (Lipinski definition) is 2. The van der Waals surface area contributed by atoms with Crippen molar-refractivity contribution in [1.82, 2.24) is 9.13 Å². The molecule has 0 saturated carbocycles. The highest BCUT2D eigenvalue weighted by molar-refractivity contribution is 6.09. The third kappa shape index (κ3) is 4.27. The van der Waals surface area contributed by atoms with Crippen molar-refractivity contribution in [2.24, 2.45) is 7.05 Å². The molecule has 3 aromatic carbocycles. The highest BCUT2D eigenvalue weighted by atomic mass is 16.4. The molecular formula is C31H26N2O3. The maximum absolute atomic E-state index is 13.0. The Morgan fingerprint density at radius 2 is 1.69 bits per heavy atom. The molecule has 0 bridgehead atoms. The maximum atomic E-state index is 13.0. The number of carbonyl (C=O) groups is 2. The minimum Gasteiger partial charge on any atom is -0.477 e. The minimum absolute atomic E-state index is 0.00690. The number of carbonyl (C=O) groups excluding carboxylic acids is 1. The minimum atomic E-state index is -0.956. The van der Waals surface area contributed by atoms with Gasteiger partial charge in [-0.3, -0.25) is 4.79 Å². The van der Waals surface area contributed by atoms with Crippen molar-refractivity contribution >= 4 is 28.7 Å². The van der Waals surface area contributed by atoms with Gasteiger partial charge in [0.1, 0.15) is 5.69 Å². The zero-order valence-corrected chi connectivity index (χ0v) is 20.2. The third-order valence-corrected chi connectivity index (χ3v) is 6.47. The molecule has 5 aromatic rings. The molecule has 5 rings (SSSR count). The van der Waals surface area contributed by atoms with Crippen LogP contribution in [0.3, 0.4) is 0 Å². The monoisotopic (exact) mass is 474 g/mol. The van der Waals surface area contributed by atoms with Crippen LogP contribution in [0.15, 0.2) is 97.2 Å². The Kier molecular flexibility index (Phi) is 6.13. The number of ketones is 1. The molecule has 0 amide bonds. The molecule has 5 nitrogen and oxygen atoms in total. The first-order valence-corrected chi connectivity index (χ1v) is 11.8. The van der Waals surface area contributed by atoms with E-state index in [-0.39, 0.29) is 11.5 Å². The lowest BCUT2D eigenvalue weighted by atomic mass is 9.99. The van der Waals surface area contributed by atoms with Gasteiger partial charge in [-0.15, -0.1) is 0 Å². The summed E-state index contributed by atoms with van der Waals surface area (Å²) in [6.45, 7) is 2.54. The summed E-state index contributed by atoms with van der Waals surface area (Å²) in [5, 5.41) is 10.8. The van der Waals surface area contributed by atoms with Gasteiger partial charge in [0.25, 0.3) is 0 Å². The van der Waals surface area contributed by atoms with E-state index in [1.54, 1.807) is 11.6 Å². The highest BCUT2D eigenvalue weighted by Crippen LogP contribution is 2.35. The second-order valence-electron chi connectivity index (χ2n) is 8.87. The van der Waals surface area contributed by atoms with Crippen LogP contribution in [0.5, 0.6) is 0 Å². The molecule has 2 aromatic heterocycles. The Balaban J connectivity index is 1.42. The molecule has 0 aliphatic rings. The van der Waals surface area contributed by atoms with Crippen molar-refractivity contribution in [3.05, 3.63) is 125 Å². The van der Waals surface area contributed by atoms with E-state index < -0.39 is 5.97 Å². The first kappa shape index (κ1) is 23.1. The SMILES string of the molecule is Cc1ccc(C(=O)c2cccn2C/C=C/c2cccc(-c3c(C(=O)O)n(C)c4ccccc34)c2)cc1. The fraction of sp³-hybridized carbons (Fsp3) is 0.0968. The van der Waals surface area contributed by atoms with Crippen molar-refractivity contribution in [3.8, 4) is 11.1 Å². The van der Waals surface area contributed by atoms with E-state index in [1.807, 2.05) is 115 Å². The number of para-hydroxylation sites is 1. The van der Waals surface area contributed by atoms with E-state index in [2.05, 4.69) is 0 Å². The molecule has 0 aliphatic carbocycles. The van der Waals surface area contributed by atoms with Gasteiger partial charge in [-0.05, 0) is 42.3 Å². The van der Waals surface area contributed by atoms with Crippen molar-refractivity contribution < 1.29 is 14.7 Å². The smallest absolute Gasteiger partial charge is 0.353 e. The van der Waals surface area contributed by atoms with Crippen molar-refractivity contribution in [1.29, 1.82) is 0 Å². The quantitative estimate of drug-likeness (QED) is 0.270. The van der Waals surface area contributed by atoms with Gasteiger partial charge in [-0.2, -0.15) is 0 Å². The van der Waals surface area contributed by atoms with Crippen LogP contribution in [-0.4, -0.2) is 26.0 Å². The second kappa shape index (κ2) is 9.55. The number of nitrogens with zero attached hydrogens (tertiary/aromatic N) is 2. The number of allylic oxidation sites excluding steroid dienone is 1. The van der Waals surface area contributed by atoms with Crippen LogP contribution in [0.25, 0.3) is 28.1 Å². The van der Waals surface area contributed by atoms with Gasteiger partial charge in [-0.25, -0.2) is 4.79 Å². The number of carboxylic acids is 1. The van der Waals surface area contributed by atoms with Gasteiger partial charge in [0, 0.05) is 41.8 Å². The summed E-state index contributed by atoms with van der Waals surface area (Å²) in [6.07, 6.45) is 5.90.